The van der Waals surface area contributed by atoms with Crippen molar-refractivity contribution in [1.29, 1.82) is 0 Å². The van der Waals surface area contributed by atoms with Gasteiger partial charge in [-0.25, -0.2) is 0 Å². The van der Waals surface area contributed by atoms with E-state index in [1.165, 1.54) is 23.1 Å². The van der Waals surface area contributed by atoms with E-state index in [1.54, 1.807) is 30.2 Å². The minimum Gasteiger partial charge on any atom is -0.497 e. The van der Waals surface area contributed by atoms with Gasteiger partial charge < -0.3 is 19.1 Å². The number of hydrogen-bond acceptors (Lipinski definition) is 5. The molecule has 0 fully saturated rings. The number of nitrogens with zero attached hydrogens (tertiary/aromatic N) is 4. The lowest BCUT2D eigenvalue weighted by Gasteiger charge is -2.30. The van der Waals surface area contributed by atoms with Crippen LogP contribution in [-0.2, 0) is 29.2 Å². The average Bonchev–Trinajstić information content (AvgIpc) is 3.44. The Morgan fingerprint density at radius 3 is 2.33 bits per heavy atom. The number of nitro groups is 1. The molecule has 9 heteroatoms. The molecule has 0 spiro atoms. The first-order chi connectivity index (χ1) is 20.7. The van der Waals surface area contributed by atoms with Crippen LogP contribution in [0.15, 0.2) is 103 Å². The number of carbonyl (C=O) groups is 2. The summed E-state index contributed by atoms with van der Waals surface area (Å²) in [6.07, 6.45) is 4.99. The van der Waals surface area contributed by atoms with E-state index in [0.717, 1.165) is 22.6 Å². The van der Waals surface area contributed by atoms with Crippen molar-refractivity contribution in [2.24, 2.45) is 0 Å². The van der Waals surface area contributed by atoms with Crippen LogP contribution in [0, 0.1) is 10.1 Å². The van der Waals surface area contributed by atoms with Gasteiger partial charge in [0.15, 0.2) is 0 Å². The van der Waals surface area contributed by atoms with Crippen molar-refractivity contribution in [3.8, 4) is 5.75 Å². The third-order valence-corrected chi connectivity index (χ3v) is 7.07. The normalized spacial score (nSPS) is 11.1. The predicted molar refractivity (Wildman–Crippen MR) is 166 cm³/mol. The van der Waals surface area contributed by atoms with Gasteiger partial charge in [0, 0.05) is 49.2 Å². The molecule has 1 aromatic heterocycles. The van der Waals surface area contributed by atoms with Gasteiger partial charge >= 0.3 is 0 Å². The van der Waals surface area contributed by atoms with Gasteiger partial charge in [0.2, 0.25) is 11.8 Å². The highest BCUT2D eigenvalue weighted by Gasteiger charge is 2.23. The van der Waals surface area contributed by atoms with Crippen LogP contribution in [0.5, 0.6) is 5.75 Å². The molecular weight excluding hydrogens is 544 g/mol. The lowest BCUT2D eigenvalue weighted by molar-refractivity contribution is -0.384. The summed E-state index contributed by atoms with van der Waals surface area (Å²) < 4.78 is 7.48. The van der Waals surface area contributed by atoms with E-state index >= 15 is 0 Å². The largest absolute Gasteiger partial charge is 0.497 e. The zero-order chi connectivity index (χ0) is 30.8. The molecule has 0 atom stereocenters. The Bertz CT molecular complexity index is 1560. The van der Waals surface area contributed by atoms with Crippen molar-refractivity contribution >= 4 is 23.6 Å². The van der Waals surface area contributed by atoms with Gasteiger partial charge in [0.05, 0.1) is 18.6 Å². The second-order valence-corrected chi connectivity index (χ2v) is 10.5. The number of ether oxygens (including phenoxy) is 1. The zero-order valence-corrected chi connectivity index (χ0v) is 24.6. The highest BCUT2D eigenvalue weighted by atomic mass is 16.6. The van der Waals surface area contributed by atoms with Crippen molar-refractivity contribution in [1.82, 2.24) is 14.4 Å². The molecule has 4 aromatic rings. The number of aromatic nitrogens is 1. The van der Waals surface area contributed by atoms with Gasteiger partial charge in [0.1, 0.15) is 12.3 Å². The van der Waals surface area contributed by atoms with Crippen molar-refractivity contribution in [2.75, 3.05) is 13.7 Å². The van der Waals surface area contributed by atoms with E-state index < -0.39 is 4.92 Å². The maximum absolute atomic E-state index is 13.8. The molecule has 1 heterocycles. The lowest BCUT2D eigenvalue weighted by Crippen LogP contribution is -2.45. The Morgan fingerprint density at radius 1 is 0.930 bits per heavy atom. The third-order valence-electron chi connectivity index (χ3n) is 7.07. The molecule has 0 aliphatic rings. The second kappa shape index (κ2) is 14.6. The third kappa shape index (κ3) is 8.65. The zero-order valence-electron chi connectivity index (χ0n) is 24.6. The molecule has 0 saturated carbocycles. The van der Waals surface area contributed by atoms with Crippen LogP contribution in [0.25, 0.3) is 6.08 Å². The van der Waals surface area contributed by atoms with Gasteiger partial charge in [0.25, 0.3) is 5.69 Å². The maximum atomic E-state index is 13.8. The van der Waals surface area contributed by atoms with Crippen molar-refractivity contribution in [2.45, 2.75) is 39.5 Å². The number of non-ortho nitro benzene ring substituents is 1. The van der Waals surface area contributed by atoms with E-state index in [1.807, 2.05) is 86.8 Å². The maximum Gasteiger partial charge on any atom is 0.269 e. The van der Waals surface area contributed by atoms with E-state index in [-0.39, 0.29) is 30.1 Å². The second-order valence-electron chi connectivity index (χ2n) is 10.5. The number of amides is 2. The topological polar surface area (TPSA) is 97.9 Å². The van der Waals surface area contributed by atoms with E-state index in [9.17, 15) is 19.7 Å². The molecule has 222 valence electrons. The summed E-state index contributed by atoms with van der Waals surface area (Å²) in [4.78, 5) is 40.8. The summed E-state index contributed by atoms with van der Waals surface area (Å²) in [5.74, 6) is 0.291. The van der Waals surface area contributed by atoms with Crippen molar-refractivity contribution in [3.05, 3.63) is 136 Å². The molecule has 0 saturated heterocycles. The summed E-state index contributed by atoms with van der Waals surface area (Å²) in [6.45, 7) is 5.02. The summed E-state index contributed by atoms with van der Waals surface area (Å²) in [7, 11) is 1.64. The monoisotopic (exact) mass is 580 g/mol. The fourth-order valence-electron chi connectivity index (χ4n) is 4.68. The quantitative estimate of drug-likeness (QED) is 0.111. The van der Waals surface area contributed by atoms with Crippen molar-refractivity contribution in [3.63, 3.8) is 0 Å². The molecular formula is C34H36N4O5. The first-order valence-electron chi connectivity index (χ1n) is 14.0. The number of rotatable bonds is 13. The highest BCUT2D eigenvalue weighted by Crippen LogP contribution is 2.18. The number of nitro benzene ring substituents is 1. The molecule has 0 aliphatic carbocycles. The standard InChI is InChI=1S/C34H36N4O5/c1-26(2)37(33(39)19-16-27-14-17-30(18-15-27)38(41)42)25-34(40)36(22-28-9-5-4-6-10-28)24-31-12-8-20-35(31)23-29-11-7-13-32(21-29)43-3/h4-21,26H,22-25H2,1-3H3. The summed E-state index contributed by atoms with van der Waals surface area (Å²) in [5.41, 5.74) is 3.66. The van der Waals surface area contributed by atoms with Crippen LogP contribution in [0.2, 0.25) is 0 Å². The van der Waals surface area contributed by atoms with Gasteiger partial charge in [-0.2, -0.15) is 0 Å². The van der Waals surface area contributed by atoms with E-state index in [0.29, 0.717) is 25.2 Å². The molecule has 9 nitrogen and oxygen atoms in total. The minimum atomic E-state index is -0.471. The molecule has 4 rings (SSSR count). The summed E-state index contributed by atoms with van der Waals surface area (Å²) in [5, 5.41) is 10.9. The Kier molecular flexibility index (Phi) is 10.5. The van der Waals surface area contributed by atoms with Gasteiger partial charge in [-0.3, -0.25) is 19.7 Å². The molecule has 3 aromatic carbocycles. The Balaban J connectivity index is 1.52. The molecule has 2 amide bonds. The van der Waals surface area contributed by atoms with E-state index in [2.05, 4.69) is 4.57 Å². The molecule has 0 bridgehead atoms. The van der Waals surface area contributed by atoms with Crippen LogP contribution in [0.3, 0.4) is 0 Å². The Labute approximate surface area is 251 Å². The summed E-state index contributed by atoms with van der Waals surface area (Å²) in [6, 6.07) is 27.3. The minimum absolute atomic E-state index is 0.0222. The Hall–Kier alpha value is -5.18. The summed E-state index contributed by atoms with van der Waals surface area (Å²) >= 11 is 0. The van der Waals surface area contributed by atoms with Crippen LogP contribution in [0.1, 0.15) is 36.2 Å². The first kappa shape index (κ1) is 30.8. The lowest BCUT2D eigenvalue weighted by atomic mass is 10.2. The Morgan fingerprint density at radius 2 is 1.65 bits per heavy atom. The SMILES string of the molecule is COc1cccc(Cn2cccc2CN(Cc2ccccc2)C(=O)CN(C(=O)C=Cc2ccc([N+](=O)[O-])cc2)C(C)C)c1. The van der Waals surface area contributed by atoms with Gasteiger partial charge in [-0.15, -0.1) is 0 Å². The smallest absolute Gasteiger partial charge is 0.269 e. The number of methoxy groups -OCH3 is 1. The molecule has 0 aliphatic heterocycles. The average molecular weight is 581 g/mol. The molecule has 0 N–H and O–H groups in total. The predicted octanol–water partition coefficient (Wildman–Crippen LogP) is 5.93. The fraction of sp³-hybridized carbons (Fsp3) is 0.235. The first-order valence-corrected chi connectivity index (χ1v) is 14.0. The van der Waals surface area contributed by atoms with Crippen LogP contribution < -0.4 is 4.74 Å². The van der Waals surface area contributed by atoms with Crippen LogP contribution >= 0.6 is 0 Å². The molecule has 0 radical (unpaired) electrons. The highest BCUT2D eigenvalue weighted by molar-refractivity contribution is 5.94. The van der Waals surface area contributed by atoms with Gasteiger partial charge in [-0.1, -0.05) is 42.5 Å². The number of carbonyl (C=O) groups excluding carboxylic acids is 2. The number of hydrogen-bond donors (Lipinski definition) is 0. The van der Waals surface area contributed by atoms with E-state index in [4.69, 9.17) is 4.74 Å². The van der Waals surface area contributed by atoms with Crippen LogP contribution in [0.4, 0.5) is 5.69 Å². The fourth-order valence-corrected chi connectivity index (χ4v) is 4.68. The van der Waals surface area contributed by atoms with Crippen molar-refractivity contribution < 1.29 is 19.2 Å². The number of benzene rings is 3. The molecule has 0 unspecified atom stereocenters. The van der Waals surface area contributed by atoms with Crippen LogP contribution in [-0.4, -0.2) is 50.8 Å². The van der Waals surface area contributed by atoms with Gasteiger partial charge in [-0.05, 0) is 73.0 Å². The molecule has 43 heavy (non-hydrogen) atoms.